The Kier molecular flexibility index (Phi) is 3.11. The van der Waals surface area contributed by atoms with Crippen LogP contribution in [-0.2, 0) is 0 Å². The summed E-state index contributed by atoms with van der Waals surface area (Å²) in [6.07, 6.45) is 0. The van der Waals surface area contributed by atoms with Crippen molar-refractivity contribution in [3.8, 4) is 0 Å². The molecule has 14 heavy (non-hydrogen) atoms. The molecule has 76 valence electrons. The van der Waals surface area contributed by atoms with Gasteiger partial charge in [-0.2, -0.15) is 0 Å². The Morgan fingerprint density at radius 2 is 2.00 bits per heavy atom. The smallest absolute Gasteiger partial charge is 0.258 e. The van der Waals surface area contributed by atoms with Crippen LogP contribution in [0.25, 0.3) is 0 Å². The predicted octanol–water partition coefficient (Wildman–Crippen LogP) is 3.68. The Morgan fingerprint density at radius 1 is 1.43 bits per heavy atom. The maximum Gasteiger partial charge on any atom is 0.273 e. The molecule has 0 N–H and O–H groups in total. The van der Waals surface area contributed by atoms with Gasteiger partial charge in [-0.25, -0.2) is 0 Å². The third kappa shape index (κ3) is 2.04. The number of hydrogen-bond donors (Lipinski definition) is 0. The molecule has 0 aliphatic heterocycles. The minimum atomic E-state index is -0.362. The zero-order valence-electron chi connectivity index (χ0n) is 8.37. The van der Waals surface area contributed by atoms with Crippen LogP contribution in [0.1, 0.15) is 30.9 Å². The van der Waals surface area contributed by atoms with Gasteiger partial charge in [0.1, 0.15) is 0 Å². The molecule has 0 heterocycles. The van der Waals surface area contributed by atoms with Gasteiger partial charge in [0.05, 0.1) is 4.92 Å². The molecule has 0 aliphatic carbocycles. The van der Waals surface area contributed by atoms with Crippen molar-refractivity contribution in [2.75, 3.05) is 0 Å². The summed E-state index contributed by atoms with van der Waals surface area (Å²) < 4.78 is 0. The average molecular weight is 214 g/mol. The first-order valence-electron chi connectivity index (χ1n) is 4.38. The lowest BCUT2D eigenvalue weighted by Gasteiger charge is -2.08. The lowest BCUT2D eigenvalue weighted by atomic mass is 10.00. The van der Waals surface area contributed by atoms with Gasteiger partial charge >= 0.3 is 0 Å². The molecule has 0 atom stereocenters. The lowest BCUT2D eigenvalue weighted by Crippen LogP contribution is -1.98. The van der Waals surface area contributed by atoms with Gasteiger partial charge in [-0.15, -0.1) is 0 Å². The zero-order valence-corrected chi connectivity index (χ0v) is 9.13. The van der Waals surface area contributed by atoms with Crippen LogP contribution >= 0.6 is 11.6 Å². The van der Waals surface area contributed by atoms with E-state index >= 15 is 0 Å². The van der Waals surface area contributed by atoms with Crippen molar-refractivity contribution in [1.82, 2.24) is 0 Å². The standard InChI is InChI=1S/C10H12ClNO2/c1-6(2)8-5-9(11)7(3)4-10(8)12(13)14/h4-6H,1-3H3. The van der Waals surface area contributed by atoms with Gasteiger partial charge in [0.15, 0.2) is 0 Å². The normalized spacial score (nSPS) is 10.6. The van der Waals surface area contributed by atoms with Crippen molar-refractivity contribution in [3.63, 3.8) is 0 Å². The highest BCUT2D eigenvalue weighted by molar-refractivity contribution is 6.31. The van der Waals surface area contributed by atoms with Gasteiger partial charge < -0.3 is 0 Å². The first kappa shape index (κ1) is 11.0. The van der Waals surface area contributed by atoms with Gasteiger partial charge in [0, 0.05) is 16.7 Å². The van der Waals surface area contributed by atoms with Crippen LogP contribution in [0.2, 0.25) is 5.02 Å². The third-order valence-electron chi connectivity index (χ3n) is 2.13. The topological polar surface area (TPSA) is 43.1 Å². The molecule has 1 aromatic rings. The highest BCUT2D eigenvalue weighted by Gasteiger charge is 2.17. The summed E-state index contributed by atoms with van der Waals surface area (Å²) >= 11 is 5.91. The highest BCUT2D eigenvalue weighted by Crippen LogP contribution is 2.31. The number of nitrogens with zero attached hydrogens (tertiary/aromatic N) is 1. The number of aryl methyl sites for hydroxylation is 1. The Balaban J connectivity index is 3.39. The van der Waals surface area contributed by atoms with Gasteiger partial charge in [-0.1, -0.05) is 25.4 Å². The summed E-state index contributed by atoms with van der Waals surface area (Å²) in [5, 5.41) is 11.3. The molecule has 0 fully saturated rings. The molecule has 0 radical (unpaired) electrons. The minimum Gasteiger partial charge on any atom is -0.258 e. The van der Waals surface area contributed by atoms with Gasteiger partial charge in [0.25, 0.3) is 5.69 Å². The average Bonchev–Trinajstić information content (AvgIpc) is 2.08. The lowest BCUT2D eigenvalue weighted by molar-refractivity contribution is -0.385. The van der Waals surface area contributed by atoms with Crippen LogP contribution in [0, 0.1) is 17.0 Å². The van der Waals surface area contributed by atoms with Crippen molar-refractivity contribution in [2.45, 2.75) is 26.7 Å². The van der Waals surface area contributed by atoms with E-state index in [0.717, 1.165) is 5.56 Å². The van der Waals surface area contributed by atoms with E-state index in [0.29, 0.717) is 10.6 Å². The SMILES string of the molecule is Cc1cc([N+](=O)[O-])c(C(C)C)cc1Cl. The summed E-state index contributed by atoms with van der Waals surface area (Å²) in [6.45, 7) is 5.58. The summed E-state index contributed by atoms with van der Waals surface area (Å²) in [4.78, 5) is 10.4. The second-order valence-corrected chi connectivity index (χ2v) is 3.98. The van der Waals surface area contributed by atoms with Gasteiger partial charge in [-0.3, -0.25) is 10.1 Å². The molecule has 0 bridgehead atoms. The maximum atomic E-state index is 10.8. The number of benzene rings is 1. The van der Waals surface area contributed by atoms with Gasteiger partial charge in [0.2, 0.25) is 0 Å². The molecule has 0 spiro atoms. The van der Waals surface area contributed by atoms with Crippen LogP contribution in [0.5, 0.6) is 0 Å². The Morgan fingerprint density at radius 3 is 2.43 bits per heavy atom. The van der Waals surface area contributed by atoms with E-state index in [9.17, 15) is 10.1 Å². The molecular formula is C10H12ClNO2. The zero-order chi connectivity index (χ0) is 10.9. The Labute approximate surface area is 87.8 Å². The van der Waals surface area contributed by atoms with Crippen LogP contribution in [0.3, 0.4) is 0 Å². The fraction of sp³-hybridized carbons (Fsp3) is 0.400. The van der Waals surface area contributed by atoms with Crippen molar-refractivity contribution >= 4 is 17.3 Å². The molecule has 0 amide bonds. The maximum absolute atomic E-state index is 10.8. The third-order valence-corrected chi connectivity index (χ3v) is 2.53. The summed E-state index contributed by atoms with van der Waals surface area (Å²) in [6, 6.07) is 3.21. The number of nitro benzene ring substituents is 1. The number of hydrogen-bond acceptors (Lipinski definition) is 2. The van der Waals surface area contributed by atoms with E-state index in [2.05, 4.69) is 0 Å². The fourth-order valence-corrected chi connectivity index (χ4v) is 1.47. The van der Waals surface area contributed by atoms with Crippen LogP contribution in [0.4, 0.5) is 5.69 Å². The van der Waals surface area contributed by atoms with E-state index in [1.807, 2.05) is 13.8 Å². The molecule has 0 saturated carbocycles. The molecule has 0 aliphatic rings. The van der Waals surface area contributed by atoms with Crippen molar-refractivity contribution in [2.24, 2.45) is 0 Å². The first-order chi connectivity index (χ1) is 6.43. The molecule has 1 aromatic carbocycles. The van der Waals surface area contributed by atoms with E-state index in [1.54, 1.807) is 13.0 Å². The van der Waals surface area contributed by atoms with E-state index < -0.39 is 0 Å². The summed E-state index contributed by atoms with van der Waals surface area (Å²) in [7, 11) is 0. The summed E-state index contributed by atoms with van der Waals surface area (Å²) in [5.41, 5.74) is 1.58. The number of rotatable bonds is 2. The quantitative estimate of drug-likeness (QED) is 0.556. The molecule has 3 nitrogen and oxygen atoms in total. The second kappa shape index (κ2) is 3.96. The monoisotopic (exact) mass is 213 g/mol. The molecule has 0 saturated heterocycles. The van der Waals surface area contributed by atoms with E-state index in [-0.39, 0.29) is 16.5 Å². The van der Waals surface area contributed by atoms with Crippen LogP contribution in [-0.4, -0.2) is 4.92 Å². The van der Waals surface area contributed by atoms with Crippen molar-refractivity contribution in [3.05, 3.63) is 38.4 Å². The van der Waals surface area contributed by atoms with E-state index in [4.69, 9.17) is 11.6 Å². The Bertz CT molecular complexity index is 375. The van der Waals surface area contributed by atoms with Gasteiger partial charge in [-0.05, 0) is 24.5 Å². The minimum absolute atomic E-state index is 0.105. The van der Waals surface area contributed by atoms with Crippen molar-refractivity contribution < 1.29 is 4.92 Å². The molecule has 4 heteroatoms. The molecule has 0 unspecified atom stereocenters. The molecule has 1 rings (SSSR count). The highest BCUT2D eigenvalue weighted by atomic mass is 35.5. The van der Waals surface area contributed by atoms with Crippen LogP contribution in [0.15, 0.2) is 12.1 Å². The van der Waals surface area contributed by atoms with E-state index in [1.165, 1.54) is 6.07 Å². The summed E-state index contributed by atoms with van der Waals surface area (Å²) in [5.74, 6) is 0.105. The molecule has 0 aromatic heterocycles. The Hall–Kier alpha value is -1.09. The predicted molar refractivity (Wildman–Crippen MR) is 56.9 cm³/mol. The van der Waals surface area contributed by atoms with Crippen LogP contribution < -0.4 is 0 Å². The number of halogens is 1. The largest absolute Gasteiger partial charge is 0.273 e. The second-order valence-electron chi connectivity index (χ2n) is 3.57. The van der Waals surface area contributed by atoms with Crippen molar-refractivity contribution in [1.29, 1.82) is 0 Å². The fourth-order valence-electron chi connectivity index (χ4n) is 1.30. The molecular weight excluding hydrogens is 202 g/mol. The number of nitro groups is 1. The first-order valence-corrected chi connectivity index (χ1v) is 4.75.